The molecule has 1 amide bonds. The standard InChI is InChI=1S/C15H20N2O5S/c1-10(2)17-9-11(7-15(17)18)16-23(19,20)12-3-4-13-14(8-12)22-6-5-21-13/h3-4,8,10-11,16H,5-7,9H2,1-2H3. The summed E-state index contributed by atoms with van der Waals surface area (Å²) in [6.07, 6.45) is 0.183. The van der Waals surface area contributed by atoms with Gasteiger partial charge in [-0.15, -0.1) is 0 Å². The van der Waals surface area contributed by atoms with Gasteiger partial charge in [0.2, 0.25) is 15.9 Å². The SMILES string of the molecule is CC(C)N1CC(NS(=O)(=O)c2ccc3c(c2)OCCO3)CC1=O. The van der Waals surface area contributed by atoms with Crippen molar-refractivity contribution in [3.8, 4) is 11.5 Å². The Morgan fingerprint density at radius 1 is 1.22 bits per heavy atom. The molecular formula is C15H20N2O5S. The van der Waals surface area contributed by atoms with Crippen molar-refractivity contribution in [2.45, 2.75) is 37.2 Å². The van der Waals surface area contributed by atoms with E-state index in [1.807, 2.05) is 13.8 Å². The van der Waals surface area contributed by atoms with E-state index >= 15 is 0 Å². The number of carbonyl (C=O) groups excluding carboxylic acids is 1. The summed E-state index contributed by atoms with van der Waals surface area (Å²) in [5.41, 5.74) is 0. The summed E-state index contributed by atoms with van der Waals surface area (Å²) in [5, 5.41) is 0. The second kappa shape index (κ2) is 6.01. The van der Waals surface area contributed by atoms with Crippen LogP contribution in [0.3, 0.4) is 0 Å². The summed E-state index contributed by atoms with van der Waals surface area (Å²) >= 11 is 0. The van der Waals surface area contributed by atoms with E-state index in [2.05, 4.69) is 4.72 Å². The zero-order chi connectivity index (χ0) is 16.6. The maximum absolute atomic E-state index is 12.5. The molecule has 0 aromatic heterocycles. The largest absolute Gasteiger partial charge is 0.486 e. The van der Waals surface area contributed by atoms with Gasteiger partial charge in [0.25, 0.3) is 0 Å². The van der Waals surface area contributed by atoms with Crippen molar-refractivity contribution in [3.63, 3.8) is 0 Å². The van der Waals surface area contributed by atoms with Crippen LogP contribution in [0, 0.1) is 0 Å². The number of hydrogen-bond donors (Lipinski definition) is 1. The number of fused-ring (bicyclic) bond motifs is 1. The van der Waals surface area contributed by atoms with Crippen molar-refractivity contribution in [1.82, 2.24) is 9.62 Å². The van der Waals surface area contributed by atoms with E-state index in [9.17, 15) is 13.2 Å². The Bertz CT molecular complexity index is 717. The summed E-state index contributed by atoms with van der Waals surface area (Å²) in [5.74, 6) is 0.928. The molecule has 2 heterocycles. The summed E-state index contributed by atoms with van der Waals surface area (Å²) in [7, 11) is -3.71. The molecule has 0 saturated carbocycles. The first-order chi connectivity index (χ1) is 10.9. The lowest BCUT2D eigenvalue weighted by Gasteiger charge is -2.21. The molecule has 0 radical (unpaired) electrons. The smallest absolute Gasteiger partial charge is 0.241 e. The van der Waals surface area contributed by atoms with Crippen molar-refractivity contribution in [3.05, 3.63) is 18.2 Å². The van der Waals surface area contributed by atoms with Gasteiger partial charge in [-0.05, 0) is 26.0 Å². The van der Waals surface area contributed by atoms with Crippen LogP contribution in [0.15, 0.2) is 23.1 Å². The van der Waals surface area contributed by atoms with Gasteiger partial charge in [0.05, 0.1) is 4.90 Å². The first kappa shape index (κ1) is 16.1. The minimum absolute atomic E-state index is 0.0325. The van der Waals surface area contributed by atoms with Crippen LogP contribution in [-0.2, 0) is 14.8 Å². The Balaban J connectivity index is 1.76. The highest BCUT2D eigenvalue weighted by Gasteiger charge is 2.34. The van der Waals surface area contributed by atoms with Crippen LogP contribution >= 0.6 is 0 Å². The highest BCUT2D eigenvalue weighted by atomic mass is 32.2. The average molecular weight is 340 g/mol. The lowest BCUT2D eigenvalue weighted by atomic mass is 10.3. The Hall–Kier alpha value is -1.80. The van der Waals surface area contributed by atoms with E-state index in [0.29, 0.717) is 31.3 Å². The topological polar surface area (TPSA) is 84.9 Å². The Morgan fingerprint density at radius 3 is 2.57 bits per heavy atom. The lowest BCUT2D eigenvalue weighted by Crippen LogP contribution is -2.38. The molecule has 2 aliphatic rings. The number of hydrogen-bond acceptors (Lipinski definition) is 5. The zero-order valence-electron chi connectivity index (χ0n) is 13.1. The molecule has 126 valence electrons. The van der Waals surface area contributed by atoms with Gasteiger partial charge in [-0.1, -0.05) is 0 Å². The molecule has 23 heavy (non-hydrogen) atoms. The molecular weight excluding hydrogens is 320 g/mol. The number of rotatable bonds is 4. The molecule has 1 N–H and O–H groups in total. The van der Waals surface area contributed by atoms with E-state index in [-0.39, 0.29) is 23.3 Å². The first-order valence-electron chi connectivity index (χ1n) is 7.58. The number of likely N-dealkylation sites (tertiary alicyclic amines) is 1. The van der Waals surface area contributed by atoms with Gasteiger partial charge < -0.3 is 14.4 Å². The normalized spacial score (nSPS) is 21.1. The molecule has 3 rings (SSSR count). The monoisotopic (exact) mass is 340 g/mol. The Morgan fingerprint density at radius 2 is 1.91 bits per heavy atom. The van der Waals surface area contributed by atoms with Gasteiger partial charge >= 0.3 is 0 Å². The molecule has 8 heteroatoms. The van der Waals surface area contributed by atoms with Crippen LogP contribution in [0.4, 0.5) is 0 Å². The van der Waals surface area contributed by atoms with E-state index < -0.39 is 16.1 Å². The van der Waals surface area contributed by atoms with Gasteiger partial charge in [-0.3, -0.25) is 4.79 Å². The summed E-state index contributed by atoms with van der Waals surface area (Å²) < 4.78 is 38.4. The minimum atomic E-state index is -3.71. The maximum atomic E-state index is 12.5. The molecule has 0 aliphatic carbocycles. The second-order valence-electron chi connectivity index (χ2n) is 5.97. The highest BCUT2D eigenvalue weighted by Crippen LogP contribution is 2.32. The van der Waals surface area contributed by atoms with Gasteiger partial charge in [0.1, 0.15) is 13.2 Å². The third-order valence-electron chi connectivity index (χ3n) is 3.93. The van der Waals surface area contributed by atoms with Gasteiger partial charge in [-0.2, -0.15) is 0 Å². The fourth-order valence-corrected chi connectivity index (χ4v) is 4.03. The van der Waals surface area contributed by atoms with Crippen molar-refractivity contribution in [2.75, 3.05) is 19.8 Å². The molecule has 0 spiro atoms. The predicted octanol–water partition coefficient (Wildman–Crippen LogP) is 0.745. The molecule has 0 bridgehead atoms. The Kier molecular flexibility index (Phi) is 4.20. The fourth-order valence-electron chi connectivity index (χ4n) is 2.79. The van der Waals surface area contributed by atoms with E-state index in [1.54, 1.807) is 11.0 Å². The minimum Gasteiger partial charge on any atom is -0.486 e. The lowest BCUT2D eigenvalue weighted by molar-refractivity contribution is -0.129. The summed E-state index contributed by atoms with van der Waals surface area (Å²) in [6, 6.07) is 4.17. The number of nitrogens with one attached hydrogen (secondary N) is 1. The van der Waals surface area contributed by atoms with Crippen molar-refractivity contribution in [1.29, 1.82) is 0 Å². The third-order valence-corrected chi connectivity index (χ3v) is 5.45. The number of sulfonamides is 1. The molecule has 1 aromatic rings. The van der Waals surface area contributed by atoms with Crippen molar-refractivity contribution >= 4 is 15.9 Å². The molecule has 1 saturated heterocycles. The molecule has 1 atom stereocenters. The van der Waals surface area contributed by atoms with Crippen LogP contribution in [0.2, 0.25) is 0 Å². The predicted molar refractivity (Wildman–Crippen MR) is 83.0 cm³/mol. The summed E-state index contributed by atoms with van der Waals surface area (Å²) in [6.45, 7) is 5.06. The number of ether oxygens (including phenoxy) is 2. The highest BCUT2D eigenvalue weighted by molar-refractivity contribution is 7.89. The zero-order valence-corrected chi connectivity index (χ0v) is 13.9. The number of benzene rings is 1. The third kappa shape index (κ3) is 3.28. The van der Waals surface area contributed by atoms with Crippen LogP contribution in [-0.4, -0.2) is 51.1 Å². The molecule has 1 fully saturated rings. The number of nitrogens with zero attached hydrogens (tertiary/aromatic N) is 1. The first-order valence-corrected chi connectivity index (χ1v) is 9.06. The van der Waals surface area contributed by atoms with Gasteiger partial charge in [0, 0.05) is 31.1 Å². The van der Waals surface area contributed by atoms with E-state index in [0.717, 1.165) is 0 Å². The average Bonchev–Trinajstić information content (AvgIpc) is 2.86. The fraction of sp³-hybridized carbons (Fsp3) is 0.533. The molecule has 2 aliphatic heterocycles. The molecule has 7 nitrogen and oxygen atoms in total. The van der Waals surface area contributed by atoms with Gasteiger partial charge in [0.15, 0.2) is 11.5 Å². The van der Waals surface area contributed by atoms with E-state index in [1.165, 1.54) is 12.1 Å². The Labute approximate surface area is 135 Å². The second-order valence-corrected chi connectivity index (χ2v) is 7.68. The number of amides is 1. The van der Waals surface area contributed by atoms with Crippen molar-refractivity contribution in [2.24, 2.45) is 0 Å². The van der Waals surface area contributed by atoms with Crippen LogP contribution in [0.25, 0.3) is 0 Å². The van der Waals surface area contributed by atoms with E-state index in [4.69, 9.17) is 9.47 Å². The van der Waals surface area contributed by atoms with Crippen LogP contribution < -0.4 is 14.2 Å². The van der Waals surface area contributed by atoms with Gasteiger partial charge in [-0.25, -0.2) is 13.1 Å². The molecule has 1 aromatic carbocycles. The maximum Gasteiger partial charge on any atom is 0.241 e. The van der Waals surface area contributed by atoms with Crippen molar-refractivity contribution < 1.29 is 22.7 Å². The molecule has 1 unspecified atom stereocenters. The van der Waals surface area contributed by atoms with Crippen LogP contribution in [0.1, 0.15) is 20.3 Å². The quantitative estimate of drug-likeness (QED) is 0.874. The number of carbonyl (C=O) groups is 1. The summed E-state index contributed by atoms with van der Waals surface area (Å²) in [4.78, 5) is 13.7. The van der Waals surface area contributed by atoms with Crippen LogP contribution in [0.5, 0.6) is 11.5 Å².